The molecule has 0 heterocycles. The van der Waals surface area contributed by atoms with Crippen LogP contribution < -0.4 is 5.32 Å². The summed E-state index contributed by atoms with van der Waals surface area (Å²) in [6.07, 6.45) is 6.55. The lowest BCUT2D eigenvalue weighted by atomic mass is 9.86. The minimum absolute atomic E-state index is 0.270. The fourth-order valence-electron chi connectivity index (χ4n) is 2.16. The lowest BCUT2D eigenvalue weighted by Gasteiger charge is -2.19. The van der Waals surface area contributed by atoms with Crippen LogP contribution >= 0.6 is 0 Å². The van der Waals surface area contributed by atoms with Crippen molar-refractivity contribution < 1.29 is 0 Å². The highest BCUT2D eigenvalue weighted by atomic mass is 14.8. The first kappa shape index (κ1) is 15.2. The molecule has 0 saturated carbocycles. The molecule has 0 amide bonds. The molecule has 1 aromatic carbocycles. The molecule has 0 aliphatic heterocycles. The number of hydrogen-bond donors (Lipinski definition) is 1. The fraction of sp³-hybridized carbons (Fsp3) is 0.647. The van der Waals surface area contributed by atoms with Crippen LogP contribution in [0.4, 0.5) is 0 Å². The summed E-state index contributed by atoms with van der Waals surface area (Å²) in [7, 11) is 2.02. The van der Waals surface area contributed by atoms with E-state index in [1.54, 1.807) is 0 Å². The minimum atomic E-state index is 0.270. The lowest BCUT2D eigenvalue weighted by Crippen LogP contribution is -2.10. The zero-order chi connectivity index (χ0) is 13.4. The molecule has 0 fully saturated rings. The van der Waals surface area contributed by atoms with Gasteiger partial charge in [0.15, 0.2) is 0 Å². The third kappa shape index (κ3) is 5.68. The molecular weight excluding hydrogens is 218 g/mol. The second-order valence-corrected chi connectivity index (χ2v) is 6.21. The van der Waals surface area contributed by atoms with Crippen LogP contribution in [0.15, 0.2) is 24.3 Å². The molecule has 1 heteroatoms. The summed E-state index contributed by atoms with van der Waals surface area (Å²) in [5, 5.41) is 3.20. The molecule has 1 rings (SSSR count). The van der Waals surface area contributed by atoms with Gasteiger partial charge in [-0.3, -0.25) is 0 Å². The van der Waals surface area contributed by atoms with Crippen molar-refractivity contribution >= 4 is 0 Å². The minimum Gasteiger partial charge on any atom is -0.320 e. The van der Waals surface area contributed by atoms with Gasteiger partial charge in [0.05, 0.1) is 0 Å². The maximum absolute atomic E-state index is 3.20. The standard InChI is InChI=1S/C17H29N/c1-17(2,3)16-12-10-15(11-13-16)9-7-5-6-8-14-18-4/h10-13,18H,5-9,14H2,1-4H3. The van der Waals surface area contributed by atoms with Crippen molar-refractivity contribution in [3.8, 4) is 0 Å². The van der Waals surface area contributed by atoms with E-state index in [0.717, 1.165) is 6.54 Å². The van der Waals surface area contributed by atoms with Crippen LogP contribution in [0.3, 0.4) is 0 Å². The van der Waals surface area contributed by atoms with E-state index in [4.69, 9.17) is 0 Å². The molecule has 1 nitrogen and oxygen atoms in total. The van der Waals surface area contributed by atoms with E-state index in [9.17, 15) is 0 Å². The summed E-state index contributed by atoms with van der Waals surface area (Å²) in [5.41, 5.74) is 3.18. The van der Waals surface area contributed by atoms with Crippen molar-refractivity contribution in [3.05, 3.63) is 35.4 Å². The third-order valence-corrected chi connectivity index (χ3v) is 3.46. The number of benzene rings is 1. The molecule has 0 aromatic heterocycles. The average Bonchev–Trinajstić information content (AvgIpc) is 2.33. The van der Waals surface area contributed by atoms with E-state index < -0.39 is 0 Å². The van der Waals surface area contributed by atoms with Gasteiger partial charge < -0.3 is 5.32 Å². The van der Waals surface area contributed by atoms with Crippen LogP contribution in [-0.2, 0) is 11.8 Å². The van der Waals surface area contributed by atoms with Crippen LogP contribution in [0, 0.1) is 0 Å². The van der Waals surface area contributed by atoms with Crippen molar-refractivity contribution in [3.63, 3.8) is 0 Å². The molecule has 0 bridgehead atoms. The predicted octanol–water partition coefficient (Wildman–Crippen LogP) is 4.31. The second kappa shape index (κ2) is 7.58. The van der Waals surface area contributed by atoms with Crippen molar-refractivity contribution in [1.29, 1.82) is 0 Å². The highest BCUT2D eigenvalue weighted by Gasteiger charge is 2.12. The van der Waals surface area contributed by atoms with Gasteiger partial charge in [-0.05, 0) is 49.4 Å². The predicted molar refractivity (Wildman–Crippen MR) is 81.2 cm³/mol. The van der Waals surface area contributed by atoms with E-state index >= 15 is 0 Å². The molecule has 0 aliphatic rings. The Morgan fingerprint density at radius 2 is 1.50 bits per heavy atom. The number of unbranched alkanes of at least 4 members (excludes halogenated alkanes) is 3. The first-order chi connectivity index (χ1) is 8.54. The van der Waals surface area contributed by atoms with Crippen LogP contribution in [0.1, 0.15) is 57.6 Å². The first-order valence-electron chi connectivity index (χ1n) is 7.28. The van der Waals surface area contributed by atoms with Gasteiger partial charge in [0.2, 0.25) is 0 Å². The summed E-state index contributed by atoms with van der Waals surface area (Å²) < 4.78 is 0. The van der Waals surface area contributed by atoms with Gasteiger partial charge in [0.1, 0.15) is 0 Å². The quantitative estimate of drug-likeness (QED) is 0.708. The molecule has 0 radical (unpaired) electrons. The number of rotatable bonds is 7. The van der Waals surface area contributed by atoms with Crippen LogP contribution in [0.2, 0.25) is 0 Å². The fourth-order valence-corrected chi connectivity index (χ4v) is 2.16. The van der Waals surface area contributed by atoms with Crippen molar-refractivity contribution in [2.24, 2.45) is 0 Å². The highest BCUT2D eigenvalue weighted by molar-refractivity contribution is 5.27. The summed E-state index contributed by atoms with van der Waals surface area (Å²) in [6.45, 7) is 7.96. The largest absolute Gasteiger partial charge is 0.320 e. The van der Waals surface area contributed by atoms with E-state index in [2.05, 4.69) is 50.4 Å². The zero-order valence-electron chi connectivity index (χ0n) is 12.6. The van der Waals surface area contributed by atoms with Crippen molar-refractivity contribution in [2.45, 2.75) is 58.3 Å². The van der Waals surface area contributed by atoms with Gasteiger partial charge in [-0.15, -0.1) is 0 Å². The summed E-state index contributed by atoms with van der Waals surface area (Å²) >= 11 is 0. The molecule has 0 spiro atoms. The topological polar surface area (TPSA) is 12.0 Å². The van der Waals surface area contributed by atoms with E-state index in [-0.39, 0.29) is 5.41 Å². The Bertz CT molecular complexity index is 318. The first-order valence-corrected chi connectivity index (χ1v) is 7.28. The maximum Gasteiger partial charge on any atom is -0.00519 e. The molecule has 1 N–H and O–H groups in total. The smallest absolute Gasteiger partial charge is 0.00519 e. The van der Waals surface area contributed by atoms with E-state index in [1.807, 2.05) is 7.05 Å². The lowest BCUT2D eigenvalue weighted by molar-refractivity contribution is 0.589. The third-order valence-electron chi connectivity index (χ3n) is 3.46. The Hall–Kier alpha value is -0.820. The summed E-state index contributed by atoms with van der Waals surface area (Å²) in [5.74, 6) is 0. The normalized spacial score (nSPS) is 11.8. The molecule has 1 aromatic rings. The SMILES string of the molecule is CNCCCCCCc1ccc(C(C)(C)C)cc1. The molecule has 18 heavy (non-hydrogen) atoms. The Balaban J connectivity index is 2.27. The van der Waals surface area contributed by atoms with Gasteiger partial charge in [0.25, 0.3) is 0 Å². The Morgan fingerprint density at radius 3 is 2.06 bits per heavy atom. The van der Waals surface area contributed by atoms with Gasteiger partial charge in [-0.25, -0.2) is 0 Å². The molecule has 0 unspecified atom stereocenters. The highest BCUT2D eigenvalue weighted by Crippen LogP contribution is 2.22. The van der Waals surface area contributed by atoms with Crippen LogP contribution in [0.5, 0.6) is 0 Å². The molecule has 0 saturated heterocycles. The van der Waals surface area contributed by atoms with Crippen molar-refractivity contribution in [2.75, 3.05) is 13.6 Å². The molecule has 0 aliphatic carbocycles. The number of hydrogen-bond acceptors (Lipinski definition) is 1. The number of nitrogens with one attached hydrogen (secondary N) is 1. The molecule has 0 atom stereocenters. The van der Waals surface area contributed by atoms with Gasteiger partial charge in [-0.1, -0.05) is 57.9 Å². The summed E-state index contributed by atoms with van der Waals surface area (Å²) in [6, 6.07) is 9.18. The molecular formula is C17H29N. The monoisotopic (exact) mass is 247 g/mol. The van der Waals surface area contributed by atoms with Gasteiger partial charge >= 0.3 is 0 Å². The molecule has 102 valence electrons. The maximum atomic E-state index is 3.20. The zero-order valence-corrected chi connectivity index (χ0v) is 12.6. The van der Waals surface area contributed by atoms with Crippen LogP contribution in [0.25, 0.3) is 0 Å². The van der Waals surface area contributed by atoms with Crippen LogP contribution in [-0.4, -0.2) is 13.6 Å². The van der Waals surface area contributed by atoms with Gasteiger partial charge in [-0.2, -0.15) is 0 Å². The number of aryl methyl sites for hydroxylation is 1. The average molecular weight is 247 g/mol. The Labute approximate surface area is 113 Å². The Kier molecular flexibility index (Phi) is 6.42. The van der Waals surface area contributed by atoms with E-state index in [0.29, 0.717) is 0 Å². The Morgan fingerprint density at radius 1 is 0.889 bits per heavy atom. The second-order valence-electron chi connectivity index (χ2n) is 6.21. The summed E-state index contributed by atoms with van der Waals surface area (Å²) in [4.78, 5) is 0. The van der Waals surface area contributed by atoms with E-state index in [1.165, 1.54) is 43.2 Å². The van der Waals surface area contributed by atoms with Crippen molar-refractivity contribution in [1.82, 2.24) is 5.32 Å². The van der Waals surface area contributed by atoms with Gasteiger partial charge in [0, 0.05) is 0 Å².